The molecule has 2 bridgehead atoms. The Morgan fingerprint density at radius 3 is 2.86 bits per heavy atom. The summed E-state index contributed by atoms with van der Waals surface area (Å²) >= 11 is 0. The molecule has 1 N–H and O–H groups in total. The zero-order chi connectivity index (χ0) is 15.7. The monoisotopic (exact) mass is 312 g/mol. The van der Waals surface area contributed by atoms with Gasteiger partial charge in [-0.05, 0) is 39.3 Å². The number of amides is 3. The molecule has 124 valence electrons. The topological polar surface area (TPSA) is 74.3 Å². The van der Waals surface area contributed by atoms with Crippen molar-refractivity contribution in [3.05, 3.63) is 0 Å². The van der Waals surface area contributed by atoms with E-state index >= 15 is 0 Å². The number of likely N-dealkylation sites (N-methyl/N-ethyl adjacent to an activating group) is 1. The van der Waals surface area contributed by atoms with Gasteiger partial charge >= 0.3 is 6.03 Å². The first-order valence-corrected chi connectivity index (χ1v) is 7.87. The van der Waals surface area contributed by atoms with Crippen LogP contribution < -0.4 is 5.48 Å². The first-order chi connectivity index (χ1) is 10.6. The van der Waals surface area contributed by atoms with Crippen molar-refractivity contribution in [2.75, 3.05) is 33.9 Å². The Balaban J connectivity index is 1.49. The van der Waals surface area contributed by atoms with Gasteiger partial charge in [-0.1, -0.05) is 0 Å². The molecule has 3 rings (SSSR count). The minimum atomic E-state index is -0.467. The fraction of sp³-hybridized carbons (Fsp3) is 0.857. The van der Waals surface area contributed by atoms with Gasteiger partial charge in [0.15, 0.2) is 0 Å². The number of hydroxylamine groups is 3. The zero-order valence-electron chi connectivity index (χ0n) is 13.2. The average Bonchev–Trinajstić information content (AvgIpc) is 3.02. The molecule has 0 spiro atoms. The Labute approximate surface area is 130 Å². The van der Waals surface area contributed by atoms with E-state index in [4.69, 9.17) is 9.68 Å². The lowest BCUT2D eigenvalue weighted by Gasteiger charge is -2.29. The highest BCUT2D eigenvalue weighted by Gasteiger charge is 2.47. The summed E-state index contributed by atoms with van der Waals surface area (Å²) in [6.07, 6.45) is 3.65. The van der Waals surface area contributed by atoms with Crippen molar-refractivity contribution in [2.24, 2.45) is 0 Å². The van der Waals surface area contributed by atoms with E-state index < -0.39 is 6.04 Å². The lowest BCUT2D eigenvalue weighted by molar-refractivity contribution is -0.140. The van der Waals surface area contributed by atoms with Crippen LogP contribution in [-0.4, -0.2) is 78.8 Å². The minimum Gasteiger partial charge on any atom is -0.309 e. The van der Waals surface area contributed by atoms with Crippen molar-refractivity contribution in [3.63, 3.8) is 0 Å². The lowest BCUT2D eigenvalue weighted by Crippen LogP contribution is -2.50. The zero-order valence-corrected chi connectivity index (χ0v) is 13.2. The van der Waals surface area contributed by atoms with E-state index in [9.17, 15) is 9.59 Å². The molecular weight excluding hydrogens is 288 g/mol. The summed E-state index contributed by atoms with van der Waals surface area (Å²) in [5.41, 5.74) is 2.52. The predicted molar refractivity (Wildman–Crippen MR) is 77.5 cm³/mol. The maximum absolute atomic E-state index is 12.3. The van der Waals surface area contributed by atoms with Crippen LogP contribution in [0.25, 0.3) is 0 Å². The third-order valence-corrected chi connectivity index (χ3v) is 4.94. The summed E-state index contributed by atoms with van der Waals surface area (Å²) in [5.74, 6) is -0.245. The Morgan fingerprint density at radius 2 is 2.18 bits per heavy atom. The standard InChI is InChI=1S/C14H24N4O4/c1-16-7-3-4-11(16)9-22-15-13(19)12-6-5-10-8-17(12)14(20)18(10)21-2/h10-12H,3-9H2,1-2H3,(H,15,19)/t10-,11+,12+/m1/s1. The molecule has 0 aromatic rings. The molecule has 0 aliphatic carbocycles. The van der Waals surface area contributed by atoms with Crippen LogP contribution in [0.3, 0.4) is 0 Å². The number of rotatable bonds is 5. The lowest BCUT2D eigenvalue weighted by atomic mass is 10.0. The van der Waals surface area contributed by atoms with Crippen LogP contribution in [0.4, 0.5) is 4.79 Å². The number of carbonyl (C=O) groups is 2. The number of likely N-dealkylation sites (tertiary alicyclic amines) is 1. The van der Waals surface area contributed by atoms with Crippen molar-refractivity contribution in [1.82, 2.24) is 20.3 Å². The number of nitrogens with one attached hydrogen (secondary N) is 1. The van der Waals surface area contributed by atoms with E-state index in [1.807, 2.05) is 0 Å². The van der Waals surface area contributed by atoms with Crippen molar-refractivity contribution in [2.45, 2.75) is 43.8 Å². The molecule has 3 atom stereocenters. The molecule has 0 saturated carbocycles. The van der Waals surface area contributed by atoms with Gasteiger partial charge < -0.3 is 9.80 Å². The summed E-state index contributed by atoms with van der Waals surface area (Å²) in [5, 5.41) is 1.36. The Kier molecular flexibility index (Phi) is 4.51. The van der Waals surface area contributed by atoms with Gasteiger partial charge in [0.1, 0.15) is 6.04 Å². The number of nitrogens with zero attached hydrogens (tertiary/aromatic N) is 3. The Morgan fingerprint density at radius 1 is 1.36 bits per heavy atom. The largest absolute Gasteiger partial charge is 0.345 e. The Bertz CT molecular complexity index is 447. The van der Waals surface area contributed by atoms with Gasteiger partial charge in [-0.2, -0.15) is 5.06 Å². The van der Waals surface area contributed by atoms with E-state index in [1.54, 1.807) is 4.90 Å². The molecule has 0 aromatic heterocycles. The van der Waals surface area contributed by atoms with Crippen LogP contribution in [0.1, 0.15) is 25.7 Å². The molecule has 8 heteroatoms. The molecule has 3 aliphatic heterocycles. The quantitative estimate of drug-likeness (QED) is 0.721. The molecule has 3 fully saturated rings. The predicted octanol–water partition coefficient (Wildman–Crippen LogP) is -0.0416. The summed E-state index contributed by atoms with van der Waals surface area (Å²) in [6.45, 7) is 2.09. The van der Waals surface area contributed by atoms with Crippen LogP contribution in [0.5, 0.6) is 0 Å². The number of carbonyl (C=O) groups excluding carboxylic acids is 2. The van der Waals surface area contributed by atoms with Crippen LogP contribution >= 0.6 is 0 Å². The van der Waals surface area contributed by atoms with Gasteiger partial charge in [0.2, 0.25) is 0 Å². The fourth-order valence-electron chi connectivity index (χ4n) is 3.60. The maximum Gasteiger partial charge on any atom is 0.345 e. The number of hydrogen-bond donors (Lipinski definition) is 1. The molecule has 22 heavy (non-hydrogen) atoms. The van der Waals surface area contributed by atoms with E-state index in [1.165, 1.54) is 12.2 Å². The SMILES string of the molecule is CON1C(=O)N2C[C@H]1CC[C@H]2C(=O)NOC[C@@H]1CCCN1C. The van der Waals surface area contributed by atoms with Gasteiger partial charge in [0, 0.05) is 12.6 Å². The third-order valence-electron chi connectivity index (χ3n) is 4.94. The molecule has 3 aliphatic rings. The molecule has 3 heterocycles. The van der Waals surface area contributed by atoms with Crippen molar-refractivity contribution in [1.29, 1.82) is 0 Å². The number of fused-ring (bicyclic) bond motifs is 2. The first kappa shape index (κ1) is 15.5. The average molecular weight is 312 g/mol. The van der Waals surface area contributed by atoms with Crippen molar-refractivity contribution >= 4 is 11.9 Å². The maximum atomic E-state index is 12.3. The third kappa shape index (κ3) is 2.78. The van der Waals surface area contributed by atoms with E-state index in [-0.39, 0.29) is 18.0 Å². The normalized spacial score (nSPS) is 31.9. The highest BCUT2D eigenvalue weighted by atomic mass is 16.7. The van der Waals surface area contributed by atoms with Gasteiger partial charge in [-0.15, -0.1) is 0 Å². The second kappa shape index (κ2) is 6.39. The van der Waals surface area contributed by atoms with Crippen LogP contribution in [0.2, 0.25) is 0 Å². The second-order valence-corrected chi connectivity index (χ2v) is 6.24. The van der Waals surface area contributed by atoms with E-state index in [2.05, 4.69) is 17.4 Å². The summed E-state index contributed by atoms with van der Waals surface area (Å²) in [7, 11) is 3.54. The minimum absolute atomic E-state index is 0.0506. The molecule has 0 aromatic carbocycles. The fourth-order valence-corrected chi connectivity index (χ4v) is 3.60. The molecule has 0 radical (unpaired) electrons. The summed E-state index contributed by atoms with van der Waals surface area (Å²) in [4.78, 5) is 38.7. The molecule has 3 saturated heterocycles. The van der Waals surface area contributed by atoms with Crippen LogP contribution in [-0.2, 0) is 14.5 Å². The van der Waals surface area contributed by atoms with Gasteiger partial charge in [-0.3, -0.25) is 14.5 Å². The second-order valence-electron chi connectivity index (χ2n) is 6.24. The number of piperidine rings is 1. The van der Waals surface area contributed by atoms with Crippen molar-refractivity contribution in [3.8, 4) is 0 Å². The summed E-state index contributed by atoms with van der Waals surface area (Å²) < 4.78 is 0. The molecule has 3 amide bonds. The van der Waals surface area contributed by atoms with E-state index in [0.29, 0.717) is 25.6 Å². The highest BCUT2D eigenvalue weighted by molar-refractivity contribution is 5.87. The van der Waals surface area contributed by atoms with Crippen LogP contribution in [0, 0.1) is 0 Å². The van der Waals surface area contributed by atoms with Crippen molar-refractivity contribution < 1.29 is 19.3 Å². The Hall–Kier alpha value is -1.38. The molecular formula is C14H24N4O4. The highest BCUT2D eigenvalue weighted by Crippen LogP contribution is 2.29. The smallest absolute Gasteiger partial charge is 0.309 e. The van der Waals surface area contributed by atoms with E-state index in [0.717, 1.165) is 25.8 Å². The molecule has 8 nitrogen and oxygen atoms in total. The van der Waals surface area contributed by atoms with Crippen LogP contribution in [0.15, 0.2) is 0 Å². The molecule has 0 unspecified atom stereocenters. The summed E-state index contributed by atoms with van der Waals surface area (Å²) in [6, 6.07) is -0.297. The number of hydrogen-bond acceptors (Lipinski definition) is 5. The number of urea groups is 1. The van der Waals surface area contributed by atoms with Gasteiger partial charge in [0.25, 0.3) is 5.91 Å². The van der Waals surface area contributed by atoms with Gasteiger partial charge in [0.05, 0.1) is 19.8 Å². The van der Waals surface area contributed by atoms with Gasteiger partial charge in [-0.25, -0.2) is 10.3 Å². The first-order valence-electron chi connectivity index (χ1n) is 7.87.